The van der Waals surface area contributed by atoms with Crippen LogP contribution in [0.25, 0.3) is 17.0 Å². The van der Waals surface area contributed by atoms with E-state index in [4.69, 9.17) is 4.74 Å². The van der Waals surface area contributed by atoms with Gasteiger partial charge in [0.2, 0.25) is 0 Å². The van der Waals surface area contributed by atoms with E-state index in [9.17, 15) is 4.79 Å². The summed E-state index contributed by atoms with van der Waals surface area (Å²) in [6.07, 6.45) is 8.99. The lowest BCUT2D eigenvalue weighted by Gasteiger charge is -2.16. The smallest absolute Gasteiger partial charge is 0.251 e. The van der Waals surface area contributed by atoms with Crippen LogP contribution >= 0.6 is 0 Å². The van der Waals surface area contributed by atoms with Crippen molar-refractivity contribution in [1.82, 2.24) is 19.9 Å². The van der Waals surface area contributed by atoms with Crippen molar-refractivity contribution in [2.75, 3.05) is 0 Å². The van der Waals surface area contributed by atoms with Crippen LogP contribution in [0.4, 0.5) is 5.69 Å². The Labute approximate surface area is 204 Å². The Morgan fingerprint density at radius 3 is 2.66 bits per heavy atom. The molecule has 0 unspecified atom stereocenters. The van der Waals surface area contributed by atoms with Crippen molar-refractivity contribution in [1.29, 1.82) is 0 Å². The molecule has 0 radical (unpaired) electrons. The quantitative estimate of drug-likeness (QED) is 0.275. The second-order valence-corrected chi connectivity index (χ2v) is 8.04. The first kappa shape index (κ1) is 23.6. The summed E-state index contributed by atoms with van der Waals surface area (Å²) in [5.74, 6) is 1.05. The van der Waals surface area contributed by atoms with Gasteiger partial charge in [0.15, 0.2) is 0 Å². The van der Waals surface area contributed by atoms with Crippen LogP contribution in [-0.4, -0.2) is 27.2 Å². The standard InChI is InChI=1S/C28H27N5O2/c1-5-26(23-10-9-21(15-24(23)29-3)25-17-33(4)18-32-25)35-27-8-6-7-22(19(27)2)28(34)31-16-20-11-13-30-14-12-20/h5-15,17-18H,3,16H2,1-2,4H3,(H,31,34)/b26-5+. The third-order valence-corrected chi connectivity index (χ3v) is 5.65. The fourth-order valence-electron chi connectivity index (χ4n) is 3.73. The van der Waals surface area contributed by atoms with E-state index < -0.39 is 0 Å². The van der Waals surface area contributed by atoms with Gasteiger partial charge in [0.1, 0.15) is 11.5 Å². The van der Waals surface area contributed by atoms with E-state index in [0.29, 0.717) is 29.3 Å². The zero-order valence-electron chi connectivity index (χ0n) is 20.0. The number of imidazole rings is 1. The molecule has 0 fully saturated rings. The van der Waals surface area contributed by atoms with E-state index in [1.54, 1.807) is 24.8 Å². The number of ether oxygens (including phenoxy) is 1. The zero-order chi connectivity index (χ0) is 24.8. The Morgan fingerprint density at radius 1 is 1.17 bits per heavy atom. The Hall–Kier alpha value is -4.52. The first-order valence-electron chi connectivity index (χ1n) is 11.2. The number of carbonyl (C=O) groups excluding carboxylic acids is 1. The lowest BCUT2D eigenvalue weighted by atomic mass is 10.0. The van der Waals surface area contributed by atoms with Crippen LogP contribution in [0, 0.1) is 6.92 Å². The summed E-state index contributed by atoms with van der Waals surface area (Å²) in [6, 6.07) is 15.1. The molecule has 2 heterocycles. The molecule has 0 saturated heterocycles. The van der Waals surface area contributed by atoms with Gasteiger partial charge in [-0.25, -0.2) is 4.98 Å². The molecule has 0 aliphatic carbocycles. The van der Waals surface area contributed by atoms with Gasteiger partial charge < -0.3 is 14.6 Å². The summed E-state index contributed by atoms with van der Waals surface area (Å²) in [4.78, 5) is 25.5. The average Bonchev–Trinajstić information content (AvgIpc) is 3.33. The second-order valence-electron chi connectivity index (χ2n) is 8.04. The molecule has 0 aliphatic heterocycles. The van der Waals surface area contributed by atoms with Gasteiger partial charge in [-0.1, -0.05) is 12.1 Å². The minimum atomic E-state index is -0.167. The monoisotopic (exact) mass is 465 g/mol. The first-order valence-corrected chi connectivity index (χ1v) is 11.2. The molecule has 1 amide bonds. The normalized spacial score (nSPS) is 11.2. The average molecular weight is 466 g/mol. The van der Waals surface area contributed by atoms with Crippen molar-refractivity contribution >= 4 is 24.1 Å². The largest absolute Gasteiger partial charge is 0.457 e. The highest BCUT2D eigenvalue weighted by atomic mass is 16.5. The highest BCUT2D eigenvalue weighted by Crippen LogP contribution is 2.34. The van der Waals surface area contributed by atoms with Gasteiger partial charge in [0.05, 0.1) is 17.7 Å². The molecule has 0 aliphatic rings. The first-order chi connectivity index (χ1) is 17.0. The predicted molar refractivity (Wildman–Crippen MR) is 139 cm³/mol. The van der Waals surface area contributed by atoms with E-state index in [1.807, 2.05) is 80.2 Å². The highest BCUT2D eigenvalue weighted by Gasteiger charge is 2.16. The molecule has 7 heteroatoms. The minimum absolute atomic E-state index is 0.167. The van der Waals surface area contributed by atoms with E-state index >= 15 is 0 Å². The molecule has 7 nitrogen and oxygen atoms in total. The molecule has 0 spiro atoms. The number of aromatic nitrogens is 3. The van der Waals surface area contributed by atoms with Crippen LogP contribution in [0.3, 0.4) is 0 Å². The Morgan fingerprint density at radius 2 is 1.97 bits per heavy atom. The topological polar surface area (TPSA) is 81.4 Å². The third-order valence-electron chi connectivity index (χ3n) is 5.65. The molecule has 176 valence electrons. The fourth-order valence-corrected chi connectivity index (χ4v) is 3.73. The van der Waals surface area contributed by atoms with Gasteiger partial charge in [-0.2, -0.15) is 0 Å². The SMILES string of the molecule is C=Nc1cc(-c2cn(C)cn2)ccc1/C(=C\C)Oc1cccc(C(=O)NCc2ccncc2)c1C. The van der Waals surface area contributed by atoms with Crippen molar-refractivity contribution in [3.8, 4) is 17.0 Å². The number of amides is 1. The molecule has 0 saturated carbocycles. The van der Waals surface area contributed by atoms with Crippen LogP contribution < -0.4 is 10.1 Å². The third kappa shape index (κ3) is 5.35. The molecule has 0 atom stereocenters. The van der Waals surface area contributed by atoms with Crippen molar-refractivity contribution in [2.45, 2.75) is 20.4 Å². The fraction of sp³-hybridized carbons (Fsp3) is 0.143. The number of aryl methyl sites for hydroxylation is 1. The van der Waals surface area contributed by atoms with Gasteiger partial charge in [0, 0.05) is 54.4 Å². The predicted octanol–water partition coefficient (Wildman–Crippen LogP) is 5.49. The molecule has 4 aromatic rings. The number of benzene rings is 2. The number of allylic oxidation sites excluding steroid dienone is 1. The van der Waals surface area contributed by atoms with Gasteiger partial charge in [0.25, 0.3) is 5.91 Å². The Balaban J connectivity index is 1.56. The van der Waals surface area contributed by atoms with Crippen LogP contribution in [0.1, 0.15) is 34.0 Å². The van der Waals surface area contributed by atoms with Crippen LogP contribution in [-0.2, 0) is 13.6 Å². The highest BCUT2D eigenvalue weighted by molar-refractivity contribution is 5.96. The van der Waals surface area contributed by atoms with Gasteiger partial charge in [-0.3, -0.25) is 14.8 Å². The zero-order valence-corrected chi connectivity index (χ0v) is 20.0. The number of pyridine rings is 1. The molecule has 1 N–H and O–H groups in total. The van der Waals surface area contributed by atoms with Gasteiger partial charge in [-0.05, 0) is 68.6 Å². The second kappa shape index (κ2) is 10.6. The number of nitrogens with one attached hydrogen (secondary N) is 1. The van der Waals surface area contributed by atoms with Gasteiger partial charge in [-0.15, -0.1) is 0 Å². The van der Waals surface area contributed by atoms with Gasteiger partial charge >= 0.3 is 0 Å². The van der Waals surface area contributed by atoms with Crippen molar-refractivity contribution in [3.63, 3.8) is 0 Å². The lowest BCUT2D eigenvalue weighted by molar-refractivity contribution is 0.0950. The molecular weight excluding hydrogens is 438 g/mol. The van der Waals surface area contributed by atoms with Crippen LogP contribution in [0.2, 0.25) is 0 Å². The summed E-state index contributed by atoms with van der Waals surface area (Å²) in [7, 11) is 1.93. The molecule has 2 aromatic heterocycles. The number of hydrogen-bond acceptors (Lipinski definition) is 5. The Kier molecular flexibility index (Phi) is 7.16. The molecule has 35 heavy (non-hydrogen) atoms. The number of nitrogens with zero attached hydrogens (tertiary/aromatic N) is 4. The summed E-state index contributed by atoms with van der Waals surface area (Å²) in [5.41, 5.74) is 5.56. The summed E-state index contributed by atoms with van der Waals surface area (Å²) < 4.78 is 8.19. The number of hydrogen-bond donors (Lipinski definition) is 1. The number of carbonyl (C=O) groups is 1. The molecular formula is C28H27N5O2. The summed E-state index contributed by atoms with van der Waals surface area (Å²) in [5, 5.41) is 2.96. The van der Waals surface area contributed by atoms with Crippen molar-refractivity contribution in [2.24, 2.45) is 12.0 Å². The maximum absolute atomic E-state index is 12.9. The maximum Gasteiger partial charge on any atom is 0.251 e. The lowest BCUT2D eigenvalue weighted by Crippen LogP contribution is -2.23. The maximum atomic E-state index is 12.9. The molecule has 2 aromatic carbocycles. The van der Waals surface area contributed by atoms with Crippen molar-refractivity contribution < 1.29 is 9.53 Å². The van der Waals surface area contributed by atoms with E-state index in [1.165, 1.54) is 0 Å². The number of aliphatic imine (C=N–C) groups is 1. The van der Waals surface area contributed by atoms with Crippen molar-refractivity contribution in [3.05, 3.63) is 102 Å². The minimum Gasteiger partial charge on any atom is -0.457 e. The van der Waals surface area contributed by atoms with E-state index in [0.717, 1.165) is 27.9 Å². The Bertz CT molecular complexity index is 1390. The molecule has 4 rings (SSSR count). The summed E-state index contributed by atoms with van der Waals surface area (Å²) in [6.45, 7) is 7.93. The van der Waals surface area contributed by atoms with E-state index in [2.05, 4.69) is 27.0 Å². The summed E-state index contributed by atoms with van der Waals surface area (Å²) >= 11 is 0. The number of rotatable bonds is 8. The van der Waals surface area contributed by atoms with Crippen LogP contribution in [0.15, 0.2) is 84.5 Å². The van der Waals surface area contributed by atoms with E-state index in [-0.39, 0.29) is 5.91 Å². The molecule has 0 bridgehead atoms. The van der Waals surface area contributed by atoms with Crippen LogP contribution in [0.5, 0.6) is 5.75 Å².